The molecular weight excluding hydrogens is 340 g/mol. The van der Waals surface area contributed by atoms with Crippen LogP contribution in [0.3, 0.4) is 0 Å². The lowest BCUT2D eigenvalue weighted by Crippen LogP contribution is -2.34. The van der Waals surface area contributed by atoms with E-state index in [1.165, 1.54) is 28.6 Å². The summed E-state index contributed by atoms with van der Waals surface area (Å²) in [5, 5.41) is 20.5. The fourth-order valence-corrected chi connectivity index (χ4v) is 4.21. The van der Waals surface area contributed by atoms with Crippen molar-refractivity contribution in [2.45, 2.75) is 56.6 Å². The van der Waals surface area contributed by atoms with Crippen LogP contribution in [0.5, 0.6) is 0 Å². The fourth-order valence-electron chi connectivity index (χ4n) is 2.57. The minimum Gasteiger partial charge on any atom is -0.228 e. The van der Waals surface area contributed by atoms with Gasteiger partial charge < -0.3 is 0 Å². The van der Waals surface area contributed by atoms with Gasteiger partial charge in [0.05, 0.1) is 23.1 Å². The molecule has 1 saturated carbocycles. The number of benzene rings is 1. The summed E-state index contributed by atoms with van der Waals surface area (Å²) in [6.07, 6.45) is 3.62. The van der Waals surface area contributed by atoms with Crippen molar-refractivity contribution in [2.75, 3.05) is 0 Å². The van der Waals surface area contributed by atoms with Gasteiger partial charge in [-0.25, -0.2) is 13.1 Å². The van der Waals surface area contributed by atoms with Gasteiger partial charge in [0.15, 0.2) is 5.82 Å². The Morgan fingerprint density at radius 3 is 2.64 bits per heavy atom. The number of rotatable bonds is 8. The zero-order valence-electron chi connectivity index (χ0n) is 14.0. The van der Waals surface area contributed by atoms with Gasteiger partial charge in [-0.3, -0.25) is 0 Å². The van der Waals surface area contributed by atoms with Gasteiger partial charge in [-0.05, 0) is 54.0 Å². The highest BCUT2D eigenvalue weighted by Crippen LogP contribution is 2.33. The number of tetrazole rings is 1. The van der Waals surface area contributed by atoms with Crippen LogP contribution in [0.4, 0.5) is 0 Å². The molecule has 2 aromatic rings. The van der Waals surface area contributed by atoms with Crippen LogP contribution >= 0.6 is 0 Å². The molecular formula is C16H20N6O2S. The molecule has 1 aromatic heterocycles. The average Bonchev–Trinajstić information content (AvgIpc) is 3.36. The van der Waals surface area contributed by atoms with E-state index in [2.05, 4.69) is 22.4 Å². The summed E-state index contributed by atoms with van der Waals surface area (Å²) in [6.45, 7) is 2.91. The summed E-state index contributed by atoms with van der Waals surface area (Å²) >= 11 is 0. The van der Waals surface area contributed by atoms with Crippen LogP contribution in [0.1, 0.15) is 44.0 Å². The van der Waals surface area contributed by atoms with Gasteiger partial charge in [-0.15, -0.1) is 5.10 Å². The van der Waals surface area contributed by atoms with Gasteiger partial charge in [0.25, 0.3) is 0 Å². The van der Waals surface area contributed by atoms with Crippen LogP contribution in [0, 0.1) is 11.3 Å². The van der Waals surface area contributed by atoms with Crippen LogP contribution in [0.15, 0.2) is 29.2 Å². The third-order valence-corrected chi connectivity index (χ3v) is 6.08. The lowest BCUT2D eigenvalue weighted by Gasteiger charge is -2.21. The van der Waals surface area contributed by atoms with Gasteiger partial charge in [0, 0.05) is 12.6 Å². The number of unbranched alkanes of at least 4 members (excludes halogenated alkanes) is 1. The minimum atomic E-state index is -3.66. The third kappa shape index (κ3) is 3.86. The first kappa shape index (κ1) is 17.5. The van der Waals surface area contributed by atoms with Crippen molar-refractivity contribution in [1.29, 1.82) is 5.26 Å². The Morgan fingerprint density at radius 1 is 1.32 bits per heavy atom. The van der Waals surface area contributed by atoms with Gasteiger partial charge in [0.2, 0.25) is 10.0 Å². The number of hydrogen-bond donors (Lipinski definition) is 0. The second-order valence-corrected chi connectivity index (χ2v) is 7.98. The summed E-state index contributed by atoms with van der Waals surface area (Å²) in [4.78, 5) is 0.186. The Hall–Kier alpha value is -2.31. The molecule has 1 aromatic carbocycles. The molecule has 25 heavy (non-hydrogen) atoms. The highest BCUT2D eigenvalue weighted by molar-refractivity contribution is 7.89. The van der Waals surface area contributed by atoms with Crippen LogP contribution in [-0.4, -0.2) is 39.0 Å². The normalized spacial score (nSPS) is 14.6. The quantitative estimate of drug-likeness (QED) is 0.709. The first-order chi connectivity index (χ1) is 12.1. The number of hydrogen-bond acceptors (Lipinski definition) is 6. The first-order valence-corrected chi connectivity index (χ1v) is 9.77. The molecule has 1 aliphatic carbocycles. The van der Waals surface area contributed by atoms with Gasteiger partial charge in [-0.2, -0.15) is 9.57 Å². The van der Waals surface area contributed by atoms with Crippen LogP contribution < -0.4 is 0 Å². The molecule has 0 atom stereocenters. The smallest absolute Gasteiger partial charge is 0.228 e. The molecule has 0 radical (unpaired) electrons. The molecule has 132 valence electrons. The molecule has 0 bridgehead atoms. The van der Waals surface area contributed by atoms with E-state index in [9.17, 15) is 8.42 Å². The monoisotopic (exact) mass is 360 g/mol. The van der Waals surface area contributed by atoms with Crippen molar-refractivity contribution in [2.24, 2.45) is 0 Å². The molecule has 0 spiro atoms. The SMILES string of the molecule is CCCCn1nnnc1CN(C1CC1)S(=O)(=O)c1ccc(C#N)cc1. The van der Waals surface area contributed by atoms with E-state index < -0.39 is 10.0 Å². The molecule has 0 aliphatic heterocycles. The number of nitriles is 1. The standard InChI is InChI=1S/C16H20N6O2S/c1-2-3-10-21-16(18-19-20-21)12-22(14-6-7-14)25(23,24)15-8-4-13(11-17)5-9-15/h4-5,8-9,14H,2-3,6-7,10,12H2,1H3. The molecule has 3 rings (SSSR count). The van der Waals surface area contributed by atoms with Crippen LogP contribution in [-0.2, 0) is 23.1 Å². The number of nitrogens with zero attached hydrogens (tertiary/aromatic N) is 6. The summed E-state index contributed by atoms with van der Waals surface area (Å²) in [5.41, 5.74) is 0.431. The number of sulfonamides is 1. The average molecular weight is 360 g/mol. The predicted molar refractivity (Wildman–Crippen MR) is 89.6 cm³/mol. The maximum Gasteiger partial charge on any atom is 0.243 e. The maximum absolute atomic E-state index is 13.0. The van der Waals surface area contributed by atoms with Crippen molar-refractivity contribution in [3.05, 3.63) is 35.7 Å². The van der Waals surface area contributed by atoms with E-state index >= 15 is 0 Å². The third-order valence-electron chi connectivity index (χ3n) is 4.17. The summed E-state index contributed by atoms with van der Waals surface area (Å²) in [5.74, 6) is 0.553. The van der Waals surface area contributed by atoms with E-state index in [1.807, 2.05) is 6.07 Å². The van der Waals surface area contributed by atoms with E-state index in [4.69, 9.17) is 5.26 Å². The molecule has 0 unspecified atom stereocenters. The highest BCUT2D eigenvalue weighted by Gasteiger charge is 2.39. The molecule has 1 aliphatic rings. The molecule has 8 nitrogen and oxygen atoms in total. The Labute approximate surface area is 147 Å². The lowest BCUT2D eigenvalue weighted by atomic mass is 10.2. The number of aryl methyl sites for hydroxylation is 1. The molecule has 0 amide bonds. The highest BCUT2D eigenvalue weighted by atomic mass is 32.2. The van der Waals surface area contributed by atoms with E-state index in [0.717, 1.165) is 25.7 Å². The summed E-state index contributed by atoms with van der Waals surface area (Å²) in [7, 11) is -3.66. The number of aromatic nitrogens is 4. The second-order valence-electron chi connectivity index (χ2n) is 6.09. The predicted octanol–water partition coefficient (Wildman–Crippen LogP) is 1.70. The van der Waals surface area contributed by atoms with Crippen molar-refractivity contribution in [1.82, 2.24) is 24.5 Å². The Kier molecular flexibility index (Phi) is 5.11. The zero-order valence-corrected chi connectivity index (χ0v) is 14.9. The molecule has 1 heterocycles. The Bertz CT molecular complexity index is 865. The molecule has 0 saturated heterocycles. The Balaban J connectivity index is 1.86. The largest absolute Gasteiger partial charge is 0.243 e. The van der Waals surface area contributed by atoms with Crippen LogP contribution in [0.25, 0.3) is 0 Å². The van der Waals surface area contributed by atoms with E-state index in [0.29, 0.717) is 17.9 Å². The first-order valence-electron chi connectivity index (χ1n) is 8.33. The fraction of sp³-hybridized carbons (Fsp3) is 0.500. The second kappa shape index (κ2) is 7.29. The molecule has 9 heteroatoms. The molecule has 1 fully saturated rings. The van der Waals surface area contributed by atoms with Crippen LogP contribution in [0.2, 0.25) is 0 Å². The van der Waals surface area contributed by atoms with Gasteiger partial charge >= 0.3 is 0 Å². The molecule has 0 N–H and O–H groups in total. The topological polar surface area (TPSA) is 105 Å². The van der Waals surface area contributed by atoms with Gasteiger partial charge in [-0.1, -0.05) is 13.3 Å². The summed E-state index contributed by atoms with van der Waals surface area (Å²) in [6, 6.07) is 7.96. The summed E-state index contributed by atoms with van der Waals surface area (Å²) < 4.78 is 29.2. The van der Waals surface area contributed by atoms with Gasteiger partial charge in [0.1, 0.15) is 0 Å². The van der Waals surface area contributed by atoms with Crippen molar-refractivity contribution in [3.8, 4) is 6.07 Å². The van der Waals surface area contributed by atoms with Crippen molar-refractivity contribution in [3.63, 3.8) is 0 Å². The van der Waals surface area contributed by atoms with Crippen molar-refractivity contribution < 1.29 is 8.42 Å². The van der Waals surface area contributed by atoms with E-state index in [-0.39, 0.29) is 17.5 Å². The minimum absolute atomic E-state index is 0.0167. The van der Waals surface area contributed by atoms with Crippen molar-refractivity contribution >= 4 is 10.0 Å². The Morgan fingerprint density at radius 2 is 2.04 bits per heavy atom. The lowest BCUT2D eigenvalue weighted by molar-refractivity contribution is 0.376. The maximum atomic E-state index is 13.0. The zero-order chi connectivity index (χ0) is 17.9. The van der Waals surface area contributed by atoms with E-state index in [1.54, 1.807) is 4.68 Å².